The lowest BCUT2D eigenvalue weighted by Crippen LogP contribution is -2.48. The average Bonchev–Trinajstić information content (AvgIpc) is 2.96. The molecule has 2 aliphatic rings. The molecule has 1 aromatic rings. The number of hydrogen-bond donors (Lipinski definition) is 1. The summed E-state index contributed by atoms with van der Waals surface area (Å²) in [4.78, 5) is 28.4. The smallest absolute Gasteiger partial charge is 0.228 e. The number of benzene rings is 1. The van der Waals surface area contributed by atoms with Crippen LogP contribution in [0, 0.1) is 5.92 Å². The van der Waals surface area contributed by atoms with E-state index in [1.807, 2.05) is 4.90 Å². The molecule has 2 heterocycles. The minimum atomic E-state index is -0.276. The molecule has 1 atom stereocenters. The molecular weight excluding hydrogens is 353 g/mol. The predicted octanol–water partition coefficient (Wildman–Crippen LogP) is 1.56. The molecule has 2 saturated heterocycles. The number of methoxy groups -OCH3 is 1. The van der Waals surface area contributed by atoms with E-state index in [2.05, 4.69) is 5.32 Å². The first-order valence-corrected chi connectivity index (χ1v) is 8.11. The van der Waals surface area contributed by atoms with Crippen molar-refractivity contribution in [3.8, 4) is 5.75 Å². The molecule has 0 saturated carbocycles. The highest BCUT2D eigenvalue weighted by Crippen LogP contribution is 2.32. The molecule has 1 N–H and O–H groups in total. The van der Waals surface area contributed by atoms with Crippen LogP contribution < -0.4 is 15.0 Å². The SMILES string of the molecule is COc1ccc(N2CC(C(=O)N3CCNCC3)CC2=O)cc1Cl.Cl. The summed E-state index contributed by atoms with van der Waals surface area (Å²) in [5.74, 6) is 0.318. The highest BCUT2D eigenvalue weighted by Gasteiger charge is 2.37. The molecule has 0 radical (unpaired) electrons. The van der Waals surface area contributed by atoms with Crippen LogP contribution >= 0.6 is 24.0 Å². The summed E-state index contributed by atoms with van der Waals surface area (Å²) in [6.07, 6.45) is 0.256. The van der Waals surface area contributed by atoms with Gasteiger partial charge in [0.2, 0.25) is 11.8 Å². The first-order chi connectivity index (χ1) is 11.1. The number of halogens is 2. The Bertz CT molecular complexity index is 621. The third-order valence-corrected chi connectivity index (χ3v) is 4.65. The highest BCUT2D eigenvalue weighted by molar-refractivity contribution is 6.32. The Morgan fingerprint density at radius 2 is 2.04 bits per heavy atom. The van der Waals surface area contributed by atoms with Crippen LogP contribution in [0.25, 0.3) is 0 Å². The van der Waals surface area contributed by atoms with E-state index in [0.717, 1.165) is 13.1 Å². The van der Waals surface area contributed by atoms with E-state index in [4.69, 9.17) is 16.3 Å². The maximum atomic E-state index is 12.6. The van der Waals surface area contributed by atoms with Gasteiger partial charge in [-0.1, -0.05) is 11.6 Å². The summed E-state index contributed by atoms with van der Waals surface area (Å²) in [5.41, 5.74) is 0.705. The van der Waals surface area contributed by atoms with Gasteiger partial charge in [0.1, 0.15) is 5.75 Å². The fourth-order valence-electron chi connectivity index (χ4n) is 3.09. The Hall–Kier alpha value is -1.50. The molecule has 2 amide bonds. The van der Waals surface area contributed by atoms with Crippen molar-refractivity contribution in [2.75, 3.05) is 44.7 Å². The van der Waals surface area contributed by atoms with Crippen LogP contribution in [0.5, 0.6) is 5.75 Å². The average molecular weight is 374 g/mol. The Kier molecular flexibility index (Phi) is 6.32. The molecule has 132 valence electrons. The predicted molar refractivity (Wildman–Crippen MR) is 95.2 cm³/mol. The van der Waals surface area contributed by atoms with E-state index < -0.39 is 0 Å². The molecule has 2 fully saturated rings. The number of carbonyl (C=O) groups excluding carboxylic acids is 2. The number of carbonyl (C=O) groups is 2. The standard InChI is InChI=1S/C16H20ClN3O3.ClH/c1-23-14-3-2-12(9-13(14)17)20-10-11(8-15(20)21)16(22)19-6-4-18-5-7-19;/h2-3,9,11,18H,4-8,10H2,1H3;1H. The lowest BCUT2D eigenvalue weighted by molar-refractivity contribution is -0.136. The van der Waals surface area contributed by atoms with Crippen molar-refractivity contribution < 1.29 is 14.3 Å². The number of nitrogens with zero attached hydrogens (tertiary/aromatic N) is 2. The van der Waals surface area contributed by atoms with E-state index in [9.17, 15) is 9.59 Å². The van der Waals surface area contributed by atoms with Crippen LogP contribution in [0.4, 0.5) is 5.69 Å². The maximum Gasteiger partial charge on any atom is 0.228 e. The number of amides is 2. The van der Waals surface area contributed by atoms with Gasteiger partial charge in [-0.25, -0.2) is 0 Å². The van der Waals surface area contributed by atoms with Crippen molar-refractivity contribution in [2.45, 2.75) is 6.42 Å². The van der Waals surface area contributed by atoms with Gasteiger partial charge in [-0.2, -0.15) is 0 Å². The van der Waals surface area contributed by atoms with Gasteiger partial charge in [-0.15, -0.1) is 12.4 Å². The van der Waals surface area contributed by atoms with Gasteiger partial charge in [0.05, 0.1) is 18.1 Å². The topological polar surface area (TPSA) is 61.9 Å². The number of ether oxygens (including phenoxy) is 1. The molecule has 8 heteroatoms. The van der Waals surface area contributed by atoms with Crippen molar-refractivity contribution in [3.63, 3.8) is 0 Å². The quantitative estimate of drug-likeness (QED) is 0.872. The minimum absolute atomic E-state index is 0. The molecule has 0 bridgehead atoms. The molecule has 1 unspecified atom stereocenters. The summed E-state index contributed by atoms with van der Waals surface area (Å²) in [6.45, 7) is 3.44. The Balaban J connectivity index is 0.00000208. The van der Waals surface area contributed by atoms with Crippen LogP contribution in [0.15, 0.2) is 18.2 Å². The van der Waals surface area contributed by atoms with Crippen molar-refractivity contribution in [1.29, 1.82) is 0 Å². The van der Waals surface area contributed by atoms with E-state index >= 15 is 0 Å². The molecule has 0 aromatic heterocycles. The van der Waals surface area contributed by atoms with Gasteiger partial charge in [-0.3, -0.25) is 9.59 Å². The lowest BCUT2D eigenvalue weighted by atomic mass is 10.1. The van der Waals surface area contributed by atoms with Crippen LogP contribution in [0.3, 0.4) is 0 Å². The van der Waals surface area contributed by atoms with Crippen LogP contribution in [0.1, 0.15) is 6.42 Å². The van der Waals surface area contributed by atoms with Crippen molar-refractivity contribution >= 4 is 41.5 Å². The van der Waals surface area contributed by atoms with E-state index in [1.54, 1.807) is 30.2 Å². The summed E-state index contributed by atoms with van der Waals surface area (Å²) in [7, 11) is 1.55. The molecule has 24 heavy (non-hydrogen) atoms. The van der Waals surface area contributed by atoms with Crippen molar-refractivity contribution in [2.24, 2.45) is 5.92 Å². The van der Waals surface area contributed by atoms with E-state index in [1.165, 1.54) is 0 Å². The zero-order valence-corrected chi connectivity index (χ0v) is 15.0. The van der Waals surface area contributed by atoms with Gasteiger partial charge < -0.3 is 19.9 Å². The molecular formula is C16H21Cl2N3O3. The van der Waals surface area contributed by atoms with Gasteiger partial charge in [0.25, 0.3) is 0 Å². The van der Waals surface area contributed by atoms with Gasteiger partial charge in [0.15, 0.2) is 0 Å². The molecule has 6 nitrogen and oxygen atoms in total. The summed E-state index contributed by atoms with van der Waals surface area (Å²) in [5, 5.41) is 3.68. The highest BCUT2D eigenvalue weighted by atomic mass is 35.5. The number of piperazine rings is 1. The molecule has 0 aliphatic carbocycles. The van der Waals surface area contributed by atoms with Crippen LogP contribution in [0.2, 0.25) is 5.02 Å². The molecule has 2 aliphatic heterocycles. The Morgan fingerprint density at radius 1 is 1.33 bits per heavy atom. The minimum Gasteiger partial charge on any atom is -0.495 e. The fourth-order valence-corrected chi connectivity index (χ4v) is 3.34. The summed E-state index contributed by atoms with van der Waals surface area (Å²) in [6, 6.07) is 5.23. The van der Waals surface area contributed by atoms with Crippen molar-refractivity contribution in [1.82, 2.24) is 10.2 Å². The van der Waals surface area contributed by atoms with Crippen LogP contribution in [-0.4, -0.2) is 56.5 Å². The second kappa shape index (κ2) is 8.05. The lowest BCUT2D eigenvalue weighted by Gasteiger charge is -2.29. The number of rotatable bonds is 3. The zero-order chi connectivity index (χ0) is 16.4. The largest absolute Gasteiger partial charge is 0.495 e. The third-order valence-electron chi connectivity index (χ3n) is 4.35. The Morgan fingerprint density at radius 3 is 2.67 bits per heavy atom. The van der Waals surface area contributed by atoms with E-state index in [-0.39, 0.29) is 36.6 Å². The summed E-state index contributed by atoms with van der Waals surface area (Å²) >= 11 is 6.13. The van der Waals surface area contributed by atoms with Gasteiger partial charge >= 0.3 is 0 Å². The second-order valence-corrected chi connectivity index (χ2v) is 6.21. The first kappa shape index (κ1) is 18.8. The molecule has 3 rings (SSSR count). The normalized spacial score (nSPS) is 20.8. The molecule has 1 aromatic carbocycles. The number of anilines is 1. The summed E-state index contributed by atoms with van der Waals surface area (Å²) < 4.78 is 5.13. The maximum absolute atomic E-state index is 12.6. The van der Waals surface area contributed by atoms with Crippen LogP contribution in [-0.2, 0) is 9.59 Å². The number of hydrogen-bond acceptors (Lipinski definition) is 4. The third kappa shape index (κ3) is 3.77. The Labute approximate surface area is 152 Å². The van der Waals surface area contributed by atoms with Crippen molar-refractivity contribution in [3.05, 3.63) is 23.2 Å². The second-order valence-electron chi connectivity index (χ2n) is 5.80. The molecule has 0 spiro atoms. The van der Waals surface area contributed by atoms with Gasteiger partial charge in [-0.05, 0) is 18.2 Å². The number of nitrogens with one attached hydrogen (secondary N) is 1. The van der Waals surface area contributed by atoms with E-state index in [0.29, 0.717) is 36.1 Å². The fraction of sp³-hybridized carbons (Fsp3) is 0.500. The van der Waals surface area contributed by atoms with Gasteiger partial charge in [0, 0.05) is 44.8 Å². The monoisotopic (exact) mass is 373 g/mol. The first-order valence-electron chi connectivity index (χ1n) is 7.73. The zero-order valence-electron chi connectivity index (χ0n) is 13.5.